The zero-order valence-electron chi connectivity index (χ0n) is 16.5. The molecule has 8 heteroatoms. The molecule has 2 aromatic rings. The third-order valence-corrected chi connectivity index (χ3v) is 4.78. The summed E-state index contributed by atoms with van der Waals surface area (Å²) in [7, 11) is 0. The number of benzene rings is 2. The van der Waals surface area contributed by atoms with Crippen LogP contribution in [0.3, 0.4) is 0 Å². The molecule has 30 heavy (non-hydrogen) atoms. The van der Waals surface area contributed by atoms with Gasteiger partial charge in [-0.25, -0.2) is 0 Å². The van der Waals surface area contributed by atoms with Gasteiger partial charge in [0.2, 0.25) is 0 Å². The lowest BCUT2D eigenvalue weighted by molar-refractivity contribution is -0.114. The molecule has 1 atom stereocenters. The average molecular weight is 404 g/mol. The fourth-order valence-electron chi connectivity index (χ4n) is 3.28. The van der Waals surface area contributed by atoms with Crippen molar-refractivity contribution in [2.24, 2.45) is 22.2 Å². The first-order chi connectivity index (χ1) is 14.5. The topological polar surface area (TPSA) is 144 Å². The summed E-state index contributed by atoms with van der Waals surface area (Å²) < 4.78 is 5.76. The molecule has 0 radical (unpaired) electrons. The molecule has 8 nitrogen and oxygen atoms in total. The predicted octanol–water partition coefficient (Wildman–Crippen LogP) is 1.94. The fraction of sp³-hybridized carbons (Fsp3) is 0.227. The first kappa shape index (κ1) is 20.7. The Balaban J connectivity index is 1.82. The minimum atomic E-state index is -0.758. The van der Waals surface area contributed by atoms with Crippen molar-refractivity contribution in [3.8, 4) is 17.7 Å². The highest BCUT2D eigenvalue weighted by Crippen LogP contribution is 2.23. The minimum absolute atomic E-state index is 0.0191. The molecule has 1 amide bonds. The highest BCUT2D eigenvalue weighted by atomic mass is 16.5. The SMILES string of the molecule is N#CN1CCC[C@@H](N=C(N)C(C(N)=O)=C(N)c2ccc(Oc3ccccc3)cc2)C1. The summed E-state index contributed by atoms with van der Waals surface area (Å²) in [5.41, 5.74) is 18.5. The number of amides is 1. The molecule has 154 valence electrons. The van der Waals surface area contributed by atoms with Gasteiger partial charge in [0.05, 0.1) is 18.3 Å². The van der Waals surface area contributed by atoms with E-state index in [0.29, 0.717) is 30.2 Å². The molecule has 1 aliphatic heterocycles. The second-order valence-corrected chi connectivity index (χ2v) is 6.95. The van der Waals surface area contributed by atoms with E-state index in [-0.39, 0.29) is 23.1 Å². The van der Waals surface area contributed by atoms with Crippen molar-refractivity contribution < 1.29 is 9.53 Å². The maximum atomic E-state index is 12.1. The van der Waals surface area contributed by atoms with E-state index in [9.17, 15) is 4.79 Å². The van der Waals surface area contributed by atoms with Crippen LogP contribution in [0.5, 0.6) is 11.5 Å². The second-order valence-electron chi connectivity index (χ2n) is 6.95. The molecular weight excluding hydrogens is 380 g/mol. The van der Waals surface area contributed by atoms with Crippen molar-refractivity contribution in [2.75, 3.05) is 13.1 Å². The van der Waals surface area contributed by atoms with Gasteiger partial charge in [0.1, 0.15) is 22.9 Å². The summed E-state index contributed by atoms with van der Waals surface area (Å²) in [6.45, 7) is 1.15. The smallest absolute Gasteiger partial charge is 0.254 e. The Labute approximate surface area is 175 Å². The van der Waals surface area contributed by atoms with E-state index in [1.165, 1.54) is 0 Å². The second kappa shape index (κ2) is 9.47. The third kappa shape index (κ3) is 5.08. The molecule has 0 aromatic heterocycles. The highest BCUT2D eigenvalue weighted by Gasteiger charge is 2.22. The monoisotopic (exact) mass is 404 g/mol. The Kier molecular flexibility index (Phi) is 6.55. The molecule has 6 N–H and O–H groups in total. The van der Waals surface area contributed by atoms with E-state index < -0.39 is 5.91 Å². The number of primary amides is 1. The van der Waals surface area contributed by atoms with Gasteiger partial charge in [0.15, 0.2) is 6.19 Å². The Bertz CT molecular complexity index is 993. The summed E-state index contributed by atoms with van der Waals surface area (Å²) >= 11 is 0. The van der Waals surface area contributed by atoms with E-state index in [0.717, 1.165) is 12.8 Å². The zero-order valence-corrected chi connectivity index (χ0v) is 16.5. The first-order valence-electron chi connectivity index (χ1n) is 9.59. The van der Waals surface area contributed by atoms with Gasteiger partial charge in [-0.2, -0.15) is 5.26 Å². The number of carbonyl (C=O) groups excluding carboxylic acids is 1. The van der Waals surface area contributed by atoms with Crippen molar-refractivity contribution in [1.82, 2.24) is 4.90 Å². The number of likely N-dealkylation sites (tertiary alicyclic amines) is 1. The number of hydrogen-bond donors (Lipinski definition) is 3. The Hall–Kier alpha value is -3.99. The van der Waals surface area contributed by atoms with Gasteiger partial charge >= 0.3 is 0 Å². The number of amidine groups is 1. The number of carbonyl (C=O) groups is 1. The quantitative estimate of drug-likeness (QED) is 0.290. The van der Waals surface area contributed by atoms with Crippen LogP contribution in [0.2, 0.25) is 0 Å². The van der Waals surface area contributed by atoms with Gasteiger partial charge in [-0.1, -0.05) is 18.2 Å². The Morgan fingerprint density at radius 3 is 2.37 bits per heavy atom. The number of nitriles is 1. The van der Waals surface area contributed by atoms with Crippen molar-refractivity contribution in [2.45, 2.75) is 18.9 Å². The zero-order chi connectivity index (χ0) is 21.5. The third-order valence-electron chi connectivity index (χ3n) is 4.78. The maximum absolute atomic E-state index is 12.1. The number of ether oxygens (including phenoxy) is 1. The van der Waals surface area contributed by atoms with Crippen LogP contribution in [0.4, 0.5) is 0 Å². The highest BCUT2D eigenvalue weighted by molar-refractivity contribution is 6.24. The number of hydrogen-bond acceptors (Lipinski definition) is 6. The molecule has 1 fully saturated rings. The number of piperidine rings is 1. The average Bonchev–Trinajstić information content (AvgIpc) is 2.75. The molecule has 1 heterocycles. The van der Waals surface area contributed by atoms with E-state index >= 15 is 0 Å². The van der Waals surface area contributed by atoms with Gasteiger partial charge in [0, 0.05) is 6.54 Å². The largest absolute Gasteiger partial charge is 0.457 e. The molecule has 0 bridgehead atoms. The number of rotatable bonds is 6. The summed E-state index contributed by atoms with van der Waals surface area (Å²) in [5.74, 6) is 0.557. The number of nitrogens with two attached hydrogens (primary N) is 3. The van der Waals surface area contributed by atoms with E-state index in [1.807, 2.05) is 30.3 Å². The number of aliphatic imine (C=N–C) groups is 1. The van der Waals surface area contributed by atoms with Crippen LogP contribution in [0, 0.1) is 11.5 Å². The molecule has 0 spiro atoms. The summed E-state index contributed by atoms with van der Waals surface area (Å²) in [4.78, 5) is 18.1. The van der Waals surface area contributed by atoms with Crippen molar-refractivity contribution >= 4 is 17.4 Å². The maximum Gasteiger partial charge on any atom is 0.254 e. The predicted molar refractivity (Wildman–Crippen MR) is 115 cm³/mol. The lowest BCUT2D eigenvalue weighted by atomic mass is 10.0. The van der Waals surface area contributed by atoms with Crippen LogP contribution in [0.25, 0.3) is 5.70 Å². The van der Waals surface area contributed by atoms with Gasteiger partial charge in [-0.3, -0.25) is 9.79 Å². The van der Waals surface area contributed by atoms with Crippen molar-refractivity contribution in [3.05, 3.63) is 65.7 Å². The molecule has 0 aliphatic carbocycles. The fourth-order valence-corrected chi connectivity index (χ4v) is 3.28. The van der Waals surface area contributed by atoms with E-state index in [4.69, 9.17) is 27.2 Å². The van der Waals surface area contributed by atoms with Crippen LogP contribution in [0.1, 0.15) is 18.4 Å². The number of para-hydroxylation sites is 1. The van der Waals surface area contributed by atoms with E-state index in [2.05, 4.69) is 11.2 Å². The standard InChI is InChI=1S/C22H24N6O2/c23-14-28-12-4-5-16(13-28)27-21(25)19(22(26)29)20(24)15-8-10-18(11-9-15)30-17-6-2-1-3-7-17/h1-3,6-11,16H,4-5,12-13,24H2,(H2,25,27)(H2,26,29)/t16-/m1/s1. The normalized spacial score (nSPS) is 17.6. The van der Waals surface area contributed by atoms with Crippen LogP contribution in [-0.2, 0) is 4.79 Å². The Morgan fingerprint density at radius 2 is 1.73 bits per heavy atom. The van der Waals surface area contributed by atoms with Gasteiger partial charge in [-0.15, -0.1) is 0 Å². The van der Waals surface area contributed by atoms with Crippen molar-refractivity contribution in [1.29, 1.82) is 5.26 Å². The van der Waals surface area contributed by atoms with Crippen LogP contribution >= 0.6 is 0 Å². The summed E-state index contributed by atoms with van der Waals surface area (Å²) in [5, 5.41) is 9.08. The number of nitrogens with zero attached hydrogens (tertiary/aromatic N) is 3. The molecular formula is C22H24N6O2. The molecule has 2 aromatic carbocycles. The molecule has 3 rings (SSSR count). The van der Waals surface area contributed by atoms with Crippen molar-refractivity contribution in [3.63, 3.8) is 0 Å². The van der Waals surface area contributed by atoms with Crippen LogP contribution in [-0.4, -0.2) is 35.8 Å². The lowest BCUT2D eigenvalue weighted by Gasteiger charge is -2.26. The summed E-state index contributed by atoms with van der Waals surface area (Å²) in [6.07, 6.45) is 3.71. The Morgan fingerprint density at radius 1 is 1.07 bits per heavy atom. The van der Waals surface area contributed by atoms with Crippen LogP contribution < -0.4 is 21.9 Å². The first-order valence-corrected chi connectivity index (χ1v) is 9.59. The van der Waals surface area contributed by atoms with Gasteiger partial charge in [0.25, 0.3) is 5.91 Å². The molecule has 0 unspecified atom stereocenters. The molecule has 1 aliphatic rings. The van der Waals surface area contributed by atoms with Crippen LogP contribution in [0.15, 0.2) is 65.2 Å². The van der Waals surface area contributed by atoms with Gasteiger partial charge in [-0.05, 0) is 54.8 Å². The molecule has 1 saturated heterocycles. The minimum Gasteiger partial charge on any atom is -0.457 e. The van der Waals surface area contributed by atoms with Gasteiger partial charge < -0.3 is 26.8 Å². The van der Waals surface area contributed by atoms with E-state index in [1.54, 1.807) is 29.2 Å². The lowest BCUT2D eigenvalue weighted by Crippen LogP contribution is -2.37. The summed E-state index contributed by atoms with van der Waals surface area (Å²) in [6, 6.07) is 16.1. The molecule has 0 saturated carbocycles.